The maximum Gasteiger partial charge on any atom is 0.132 e. The van der Waals surface area contributed by atoms with E-state index in [2.05, 4.69) is 40.8 Å². The minimum atomic E-state index is 0.195. The molecule has 2 N–H and O–H groups in total. The molecular weight excluding hydrogens is 289 g/mol. The predicted octanol–water partition coefficient (Wildman–Crippen LogP) is 2.71. The second kappa shape index (κ2) is 4.06. The number of halogens is 1. The van der Waals surface area contributed by atoms with E-state index in [4.69, 9.17) is 10.5 Å². The molecule has 1 saturated carbocycles. The topological polar surface area (TPSA) is 35.2 Å². The molecule has 0 saturated heterocycles. The highest BCUT2D eigenvalue weighted by Crippen LogP contribution is 2.40. The molecule has 1 aromatic rings. The number of hydrogen-bond donors (Lipinski definition) is 1. The SMILES string of the molecule is COc1cc(C(N)C2CC2)ccc1I. The van der Waals surface area contributed by atoms with Crippen molar-refractivity contribution in [2.75, 3.05) is 7.11 Å². The summed E-state index contributed by atoms with van der Waals surface area (Å²) in [6.45, 7) is 0. The highest BCUT2D eigenvalue weighted by molar-refractivity contribution is 14.1. The molecule has 0 aliphatic heterocycles. The lowest BCUT2D eigenvalue weighted by molar-refractivity contribution is 0.410. The smallest absolute Gasteiger partial charge is 0.132 e. The fourth-order valence-corrected chi connectivity index (χ4v) is 2.17. The van der Waals surface area contributed by atoms with E-state index < -0.39 is 0 Å². The molecule has 1 aliphatic rings. The Labute approximate surface area is 98.0 Å². The van der Waals surface area contributed by atoms with Crippen molar-refractivity contribution in [3.63, 3.8) is 0 Å². The van der Waals surface area contributed by atoms with Gasteiger partial charge in [-0.2, -0.15) is 0 Å². The van der Waals surface area contributed by atoms with Gasteiger partial charge in [-0.25, -0.2) is 0 Å². The maximum atomic E-state index is 6.12. The molecule has 0 amide bonds. The Kier molecular flexibility index (Phi) is 2.97. The second-order valence-electron chi connectivity index (χ2n) is 3.76. The Hall–Kier alpha value is -0.290. The third-order valence-corrected chi connectivity index (χ3v) is 3.58. The Balaban J connectivity index is 2.25. The van der Waals surface area contributed by atoms with Crippen molar-refractivity contribution in [2.45, 2.75) is 18.9 Å². The number of nitrogens with two attached hydrogens (primary N) is 1. The first kappa shape index (κ1) is 10.2. The monoisotopic (exact) mass is 303 g/mol. The Morgan fingerprint density at radius 3 is 2.79 bits per heavy atom. The largest absolute Gasteiger partial charge is 0.496 e. The van der Waals surface area contributed by atoms with Gasteiger partial charge in [0.1, 0.15) is 5.75 Å². The summed E-state index contributed by atoms with van der Waals surface area (Å²) in [5, 5.41) is 0. The van der Waals surface area contributed by atoms with E-state index in [1.165, 1.54) is 18.4 Å². The molecule has 0 spiro atoms. The van der Waals surface area contributed by atoms with Gasteiger partial charge in [0.2, 0.25) is 0 Å². The summed E-state index contributed by atoms with van der Waals surface area (Å²) in [6.07, 6.45) is 2.55. The van der Waals surface area contributed by atoms with Crippen molar-refractivity contribution in [3.05, 3.63) is 27.3 Å². The Morgan fingerprint density at radius 2 is 2.21 bits per heavy atom. The standard InChI is InChI=1S/C11H14INO/c1-14-10-6-8(4-5-9(10)12)11(13)7-2-3-7/h4-7,11H,2-3,13H2,1H3. The van der Waals surface area contributed by atoms with Crippen LogP contribution >= 0.6 is 22.6 Å². The summed E-state index contributed by atoms with van der Waals surface area (Å²) >= 11 is 2.27. The molecule has 76 valence electrons. The van der Waals surface area contributed by atoms with Gasteiger partial charge in [-0.05, 0) is 59.0 Å². The molecule has 1 fully saturated rings. The first-order chi connectivity index (χ1) is 6.72. The van der Waals surface area contributed by atoms with Crippen LogP contribution in [-0.2, 0) is 0 Å². The quantitative estimate of drug-likeness (QED) is 0.871. The molecule has 3 heteroatoms. The molecule has 2 nitrogen and oxygen atoms in total. The summed E-state index contributed by atoms with van der Waals surface area (Å²) in [5.41, 5.74) is 7.31. The summed E-state index contributed by atoms with van der Waals surface area (Å²) in [7, 11) is 1.70. The van der Waals surface area contributed by atoms with Gasteiger partial charge >= 0.3 is 0 Å². The highest BCUT2D eigenvalue weighted by atomic mass is 127. The molecule has 1 unspecified atom stereocenters. The van der Waals surface area contributed by atoms with E-state index in [1.807, 2.05) is 0 Å². The molecule has 0 aromatic heterocycles. The normalized spacial score (nSPS) is 17.9. The zero-order chi connectivity index (χ0) is 10.1. The third-order valence-electron chi connectivity index (χ3n) is 2.69. The minimum Gasteiger partial charge on any atom is -0.496 e. The molecule has 0 radical (unpaired) electrons. The van der Waals surface area contributed by atoms with Crippen LogP contribution in [-0.4, -0.2) is 7.11 Å². The number of benzene rings is 1. The van der Waals surface area contributed by atoms with Gasteiger partial charge < -0.3 is 10.5 Å². The Bertz CT molecular complexity index is 336. The molecule has 2 rings (SSSR count). The number of ether oxygens (including phenoxy) is 1. The zero-order valence-electron chi connectivity index (χ0n) is 8.16. The van der Waals surface area contributed by atoms with Crippen LogP contribution in [0.4, 0.5) is 0 Å². The predicted molar refractivity (Wildman–Crippen MR) is 65.4 cm³/mol. The van der Waals surface area contributed by atoms with Gasteiger partial charge in [0.25, 0.3) is 0 Å². The minimum absolute atomic E-state index is 0.195. The van der Waals surface area contributed by atoms with E-state index in [0.29, 0.717) is 5.92 Å². The maximum absolute atomic E-state index is 6.12. The van der Waals surface area contributed by atoms with Crippen LogP contribution in [0.5, 0.6) is 5.75 Å². The lowest BCUT2D eigenvalue weighted by Crippen LogP contribution is -2.12. The number of hydrogen-bond acceptors (Lipinski definition) is 2. The van der Waals surface area contributed by atoms with Gasteiger partial charge in [0, 0.05) is 6.04 Å². The van der Waals surface area contributed by atoms with Crippen molar-refractivity contribution >= 4 is 22.6 Å². The van der Waals surface area contributed by atoms with Crippen LogP contribution in [0.2, 0.25) is 0 Å². The van der Waals surface area contributed by atoms with E-state index in [-0.39, 0.29) is 6.04 Å². The highest BCUT2D eigenvalue weighted by Gasteiger charge is 2.29. The first-order valence-corrected chi connectivity index (χ1v) is 5.89. The fourth-order valence-electron chi connectivity index (χ4n) is 1.61. The van der Waals surface area contributed by atoms with Crippen molar-refractivity contribution < 1.29 is 4.74 Å². The summed E-state index contributed by atoms with van der Waals surface area (Å²) in [6, 6.07) is 6.43. The van der Waals surface area contributed by atoms with Crippen molar-refractivity contribution in [3.8, 4) is 5.75 Å². The molecule has 1 aromatic carbocycles. The van der Waals surface area contributed by atoms with E-state index in [9.17, 15) is 0 Å². The molecule has 0 heterocycles. The van der Waals surface area contributed by atoms with Crippen LogP contribution in [0.3, 0.4) is 0 Å². The van der Waals surface area contributed by atoms with Crippen LogP contribution in [0.25, 0.3) is 0 Å². The molecule has 14 heavy (non-hydrogen) atoms. The van der Waals surface area contributed by atoms with Gasteiger partial charge in [-0.15, -0.1) is 0 Å². The lowest BCUT2D eigenvalue weighted by Gasteiger charge is -2.12. The number of rotatable bonds is 3. The second-order valence-corrected chi connectivity index (χ2v) is 4.92. The van der Waals surface area contributed by atoms with Crippen molar-refractivity contribution in [2.24, 2.45) is 11.7 Å². The third kappa shape index (κ3) is 2.03. The van der Waals surface area contributed by atoms with Gasteiger partial charge in [0.15, 0.2) is 0 Å². The fraction of sp³-hybridized carbons (Fsp3) is 0.455. The van der Waals surface area contributed by atoms with Gasteiger partial charge in [-0.1, -0.05) is 6.07 Å². The van der Waals surface area contributed by atoms with E-state index in [1.54, 1.807) is 7.11 Å². The molecule has 1 aliphatic carbocycles. The first-order valence-electron chi connectivity index (χ1n) is 4.81. The van der Waals surface area contributed by atoms with E-state index in [0.717, 1.165) is 9.32 Å². The summed E-state index contributed by atoms with van der Waals surface area (Å²) in [4.78, 5) is 0. The van der Waals surface area contributed by atoms with Gasteiger partial charge in [0.05, 0.1) is 10.7 Å². The van der Waals surface area contributed by atoms with Crippen LogP contribution in [0.1, 0.15) is 24.4 Å². The summed E-state index contributed by atoms with van der Waals surface area (Å²) < 4.78 is 6.41. The van der Waals surface area contributed by atoms with Crippen LogP contribution < -0.4 is 10.5 Å². The van der Waals surface area contributed by atoms with Crippen molar-refractivity contribution in [1.29, 1.82) is 0 Å². The molecule has 0 bridgehead atoms. The zero-order valence-corrected chi connectivity index (χ0v) is 10.3. The van der Waals surface area contributed by atoms with Crippen LogP contribution in [0.15, 0.2) is 18.2 Å². The summed E-state index contributed by atoms with van der Waals surface area (Å²) in [5.74, 6) is 1.62. The average Bonchev–Trinajstić information content (AvgIpc) is 3.01. The van der Waals surface area contributed by atoms with Crippen molar-refractivity contribution in [1.82, 2.24) is 0 Å². The average molecular weight is 303 g/mol. The molecular formula is C11H14INO. The van der Waals surface area contributed by atoms with E-state index >= 15 is 0 Å². The molecule has 1 atom stereocenters. The lowest BCUT2D eigenvalue weighted by atomic mass is 10.0. The van der Waals surface area contributed by atoms with Crippen LogP contribution in [0, 0.1) is 9.49 Å². The van der Waals surface area contributed by atoms with Gasteiger partial charge in [-0.3, -0.25) is 0 Å². The Morgan fingerprint density at radius 1 is 1.50 bits per heavy atom. The number of methoxy groups -OCH3 is 1.